The van der Waals surface area contributed by atoms with E-state index in [2.05, 4.69) is 61.7 Å². The van der Waals surface area contributed by atoms with Crippen molar-refractivity contribution in [3.63, 3.8) is 0 Å². The fourth-order valence-electron chi connectivity index (χ4n) is 4.54. The zero-order valence-electron chi connectivity index (χ0n) is 20.2. The SMILES string of the molecule is CCN(CCCNC(=O)CCCc1nnc2n3nc(C)nc3c3ccccc3n12)c1ccccc1. The lowest BCUT2D eigenvalue weighted by Crippen LogP contribution is -2.29. The van der Waals surface area contributed by atoms with Gasteiger partial charge in [0.25, 0.3) is 5.78 Å². The van der Waals surface area contributed by atoms with Gasteiger partial charge in [-0.1, -0.05) is 30.3 Å². The second-order valence-electron chi connectivity index (χ2n) is 8.64. The van der Waals surface area contributed by atoms with E-state index in [4.69, 9.17) is 0 Å². The van der Waals surface area contributed by atoms with Crippen LogP contribution in [0, 0.1) is 6.92 Å². The van der Waals surface area contributed by atoms with E-state index in [0.29, 0.717) is 37.4 Å². The quantitative estimate of drug-likeness (QED) is 0.314. The summed E-state index contributed by atoms with van der Waals surface area (Å²) in [6.45, 7) is 6.55. The summed E-state index contributed by atoms with van der Waals surface area (Å²) in [5.74, 6) is 2.22. The van der Waals surface area contributed by atoms with Crippen LogP contribution in [0.15, 0.2) is 54.6 Å². The average Bonchev–Trinajstić information content (AvgIpc) is 3.48. The van der Waals surface area contributed by atoms with Crippen molar-refractivity contribution in [3.05, 3.63) is 66.2 Å². The first-order valence-corrected chi connectivity index (χ1v) is 12.2. The normalized spacial score (nSPS) is 11.5. The van der Waals surface area contributed by atoms with E-state index in [9.17, 15) is 4.79 Å². The Morgan fingerprint density at radius 2 is 1.83 bits per heavy atom. The van der Waals surface area contributed by atoms with Crippen LogP contribution in [0.2, 0.25) is 0 Å². The second-order valence-corrected chi connectivity index (χ2v) is 8.64. The van der Waals surface area contributed by atoms with Crippen molar-refractivity contribution in [2.75, 3.05) is 24.5 Å². The molecule has 0 spiro atoms. The Bertz CT molecular complexity index is 1460. The van der Waals surface area contributed by atoms with Gasteiger partial charge in [0.15, 0.2) is 5.65 Å². The first-order valence-electron chi connectivity index (χ1n) is 12.2. The molecule has 0 saturated carbocycles. The van der Waals surface area contributed by atoms with Crippen LogP contribution >= 0.6 is 0 Å². The maximum atomic E-state index is 12.4. The molecular formula is C26H30N8O. The van der Waals surface area contributed by atoms with Crippen LogP contribution in [0.4, 0.5) is 5.69 Å². The Morgan fingerprint density at radius 1 is 1.03 bits per heavy atom. The van der Waals surface area contributed by atoms with Gasteiger partial charge >= 0.3 is 0 Å². The lowest BCUT2D eigenvalue weighted by atomic mass is 10.2. The minimum atomic E-state index is 0.0701. The molecule has 5 aromatic rings. The molecule has 180 valence electrons. The largest absolute Gasteiger partial charge is 0.372 e. The van der Waals surface area contributed by atoms with Gasteiger partial charge in [0, 0.05) is 43.5 Å². The van der Waals surface area contributed by atoms with E-state index in [-0.39, 0.29) is 5.91 Å². The van der Waals surface area contributed by atoms with Crippen LogP contribution < -0.4 is 10.2 Å². The molecule has 0 unspecified atom stereocenters. The first kappa shape index (κ1) is 22.8. The van der Waals surface area contributed by atoms with E-state index in [1.807, 2.05) is 41.7 Å². The lowest BCUT2D eigenvalue weighted by Gasteiger charge is -2.23. The predicted molar refractivity (Wildman–Crippen MR) is 137 cm³/mol. The van der Waals surface area contributed by atoms with Gasteiger partial charge in [0.05, 0.1) is 5.52 Å². The molecule has 3 aromatic heterocycles. The molecular weight excluding hydrogens is 440 g/mol. The lowest BCUT2D eigenvalue weighted by molar-refractivity contribution is -0.121. The van der Waals surface area contributed by atoms with Gasteiger partial charge in [-0.2, -0.15) is 4.52 Å². The molecule has 0 aliphatic heterocycles. The smallest absolute Gasteiger partial charge is 0.258 e. The van der Waals surface area contributed by atoms with E-state index in [1.54, 1.807) is 4.52 Å². The molecule has 9 heteroatoms. The Kier molecular flexibility index (Phi) is 6.56. The van der Waals surface area contributed by atoms with Gasteiger partial charge in [0.1, 0.15) is 11.6 Å². The van der Waals surface area contributed by atoms with Crippen LogP contribution in [-0.2, 0) is 11.2 Å². The third-order valence-electron chi connectivity index (χ3n) is 6.24. The number of nitrogens with one attached hydrogen (secondary N) is 1. The molecule has 0 saturated heterocycles. The second kappa shape index (κ2) is 10.1. The first-order chi connectivity index (χ1) is 17.2. The van der Waals surface area contributed by atoms with Crippen LogP contribution in [0.1, 0.15) is 37.8 Å². The van der Waals surface area contributed by atoms with Crippen molar-refractivity contribution in [1.82, 2.24) is 34.5 Å². The number of hydrogen-bond donors (Lipinski definition) is 1. The molecule has 0 atom stereocenters. The molecule has 0 fully saturated rings. The van der Waals surface area contributed by atoms with Crippen molar-refractivity contribution in [1.29, 1.82) is 0 Å². The van der Waals surface area contributed by atoms with Crippen LogP contribution in [0.25, 0.3) is 22.3 Å². The van der Waals surface area contributed by atoms with E-state index >= 15 is 0 Å². The summed E-state index contributed by atoms with van der Waals surface area (Å²) < 4.78 is 3.77. The average molecular weight is 471 g/mol. The fourth-order valence-corrected chi connectivity index (χ4v) is 4.54. The van der Waals surface area contributed by atoms with E-state index < -0.39 is 0 Å². The number of aryl methyl sites for hydroxylation is 2. The highest BCUT2D eigenvalue weighted by molar-refractivity contribution is 5.93. The highest BCUT2D eigenvalue weighted by atomic mass is 16.1. The van der Waals surface area contributed by atoms with Gasteiger partial charge in [-0.3, -0.25) is 9.20 Å². The van der Waals surface area contributed by atoms with Crippen molar-refractivity contribution >= 4 is 33.9 Å². The van der Waals surface area contributed by atoms with Gasteiger partial charge in [-0.05, 0) is 51.0 Å². The minimum absolute atomic E-state index is 0.0701. The van der Waals surface area contributed by atoms with Crippen molar-refractivity contribution < 1.29 is 4.79 Å². The number of hydrogen-bond acceptors (Lipinski definition) is 6. The highest BCUT2D eigenvalue weighted by Gasteiger charge is 2.16. The number of rotatable bonds is 10. The monoisotopic (exact) mass is 470 g/mol. The van der Waals surface area contributed by atoms with Crippen molar-refractivity contribution in [3.8, 4) is 0 Å². The van der Waals surface area contributed by atoms with Gasteiger partial charge in [-0.25, -0.2) is 4.98 Å². The molecule has 0 aliphatic carbocycles. The molecule has 35 heavy (non-hydrogen) atoms. The maximum Gasteiger partial charge on any atom is 0.258 e. The third kappa shape index (κ3) is 4.66. The molecule has 5 rings (SSSR count). The molecule has 0 radical (unpaired) electrons. The van der Waals surface area contributed by atoms with Crippen molar-refractivity contribution in [2.24, 2.45) is 0 Å². The maximum absolute atomic E-state index is 12.4. The topological polar surface area (TPSA) is 92.7 Å². The van der Waals surface area contributed by atoms with Gasteiger partial charge in [0.2, 0.25) is 5.91 Å². The Balaban J connectivity index is 1.18. The summed E-state index contributed by atoms with van der Waals surface area (Å²) in [7, 11) is 0. The molecule has 0 aliphatic rings. The Labute approximate surface area is 203 Å². The summed E-state index contributed by atoms with van der Waals surface area (Å²) in [6, 6.07) is 18.4. The molecule has 1 N–H and O–H groups in total. The van der Waals surface area contributed by atoms with Gasteiger partial charge < -0.3 is 10.2 Å². The number of amides is 1. The van der Waals surface area contributed by atoms with Crippen LogP contribution in [-0.4, -0.2) is 54.7 Å². The summed E-state index contributed by atoms with van der Waals surface area (Å²) in [5.41, 5.74) is 2.98. The number of nitrogens with zero attached hydrogens (tertiary/aromatic N) is 7. The number of fused-ring (bicyclic) bond motifs is 6. The molecule has 3 heterocycles. The number of carbonyl (C=O) groups excluding carboxylic acids is 1. The van der Waals surface area contributed by atoms with E-state index in [1.165, 1.54) is 5.69 Å². The Morgan fingerprint density at radius 3 is 2.66 bits per heavy atom. The van der Waals surface area contributed by atoms with Gasteiger partial charge in [-0.15, -0.1) is 15.3 Å². The number of anilines is 1. The molecule has 9 nitrogen and oxygen atoms in total. The Hall–Kier alpha value is -4.01. The summed E-state index contributed by atoms with van der Waals surface area (Å²) in [5, 5.41) is 17.4. The number of aromatic nitrogens is 6. The summed E-state index contributed by atoms with van der Waals surface area (Å²) in [4.78, 5) is 19.3. The van der Waals surface area contributed by atoms with Crippen molar-refractivity contribution in [2.45, 2.75) is 39.5 Å². The summed E-state index contributed by atoms with van der Waals surface area (Å²) in [6.07, 6.45) is 2.70. The molecule has 0 bridgehead atoms. The van der Waals surface area contributed by atoms with Crippen LogP contribution in [0.5, 0.6) is 0 Å². The number of para-hydroxylation sites is 2. The number of carbonyl (C=O) groups is 1. The highest BCUT2D eigenvalue weighted by Crippen LogP contribution is 2.22. The predicted octanol–water partition coefficient (Wildman–Crippen LogP) is 3.59. The van der Waals surface area contributed by atoms with E-state index in [0.717, 1.165) is 41.9 Å². The summed E-state index contributed by atoms with van der Waals surface area (Å²) >= 11 is 0. The van der Waals surface area contributed by atoms with Crippen LogP contribution in [0.3, 0.4) is 0 Å². The zero-order valence-corrected chi connectivity index (χ0v) is 20.2. The zero-order chi connectivity index (χ0) is 24.2. The molecule has 2 aromatic carbocycles. The minimum Gasteiger partial charge on any atom is -0.372 e. The fraction of sp³-hybridized carbons (Fsp3) is 0.346. The molecule has 1 amide bonds. The standard InChI is InChI=1S/C26H30N8O/c1-3-32(20-11-5-4-6-12-20)18-10-17-27-24(35)16-9-15-23-29-30-26-33(23)22-14-8-7-13-21(22)25-28-19(2)31-34(25)26/h4-8,11-14H,3,9-10,15-18H2,1-2H3,(H,27,35). The number of benzene rings is 2. The third-order valence-corrected chi connectivity index (χ3v) is 6.24.